The van der Waals surface area contributed by atoms with E-state index in [1.807, 2.05) is 0 Å². The molecule has 9 heavy (non-hydrogen) atoms. The zero-order valence-electron chi connectivity index (χ0n) is 4.71. The number of thiazole rings is 1. The summed E-state index contributed by atoms with van der Waals surface area (Å²) >= 11 is 6.60. The predicted octanol–water partition coefficient (Wildman–Crippen LogP) is 1.15. The van der Waals surface area contributed by atoms with Crippen LogP contribution in [-0.2, 0) is 6.54 Å². The van der Waals surface area contributed by atoms with E-state index in [2.05, 4.69) is 0 Å². The summed E-state index contributed by atoms with van der Waals surface area (Å²) in [7, 11) is 0. The van der Waals surface area contributed by atoms with Crippen LogP contribution in [0, 0.1) is 0 Å². The molecule has 2 nitrogen and oxygen atoms in total. The maximum atomic E-state index is 10.7. The molecule has 4 heteroatoms. The van der Waals surface area contributed by atoms with Crippen LogP contribution >= 0.6 is 22.9 Å². The number of nitrogens with zero attached hydrogens (tertiary/aromatic N) is 1. The Morgan fingerprint density at radius 2 is 2.56 bits per heavy atom. The van der Waals surface area contributed by atoms with Gasteiger partial charge in [-0.2, -0.15) is 0 Å². The Bertz CT molecular complexity index is 229. The van der Waals surface area contributed by atoms with Crippen LogP contribution in [0.5, 0.6) is 0 Å². The van der Waals surface area contributed by atoms with E-state index >= 15 is 0 Å². The molecule has 0 fully saturated rings. The molecule has 0 saturated carbocycles. The molecular weight excluding hydrogens is 158 g/mol. The van der Waals surface area contributed by atoms with E-state index in [0.29, 0.717) is 12.4 Å². The van der Waals surface area contributed by atoms with Crippen molar-refractivity contribution in [2.75, 3.05) is 5.88 Å². The van der Waals surface area contributed by atoms with Crippen molar-refractivity contribution in [3.05, 3.63) is 21.2 Å². The van der Waals surface area contributed by atoms with Gasteiger partial charge >= 0.3 is 4.87 Å². The molecule has 0 saturated heterocycles. The highest BCUT2D eigenvalue weighted by Crippen LogP contribution is 1.89. The van der Waals surface area contributed by atoms with Crippen molar-refractivity contribution < 1.29 is 0 Å². The van der Waals surface area contributed by atoms with Crippen LogP contribution < -0.4 is 4.87 Å². The van der Waals surface area contributed by atoms with Gasteiger partial charge in [-0.25, -0.2) is 0 Å². The lowest BCUT2D eigenvalue weighted by Crippen LogP contribution is -2.12. The highest BCUT2D eigenvalue weighted by molar-refractivity contribution is 7.07. The number of halogens is 1. The van der Waals surface area contributed by atoms with Crippen molar-refractivity contribution >= 4 is 22.9 Å². The topological polar surface area (TPSA) is 22.0 Å². The molecule has 1 aromatic rings. The van der Waals surface area contributed by atoms with Crippen LogP contribution in [0.2, 0.25) is 0 Å². The van der Waals surface area contributed by atoms with Crippen LogP contribution in [0.1, 0.15) is 0 Å². The van der Waals surface area contributed by atoms with E-state index in [-0.39, 0.29) is 4.87 Å². The normalized spacial score (nSPS) is 9.89. The zero-order chi connectivity index (χ0) is 6.69. The number of aromatic nitrogens is 1. The third-order valence-corrected chi connectivity index (χ3v) is 1.83. The fourth-order valence-corrected chi connectivity index (χ4v) is 1.34. The van der Waals surface area contributed by atoms with Crippen molar-refractivity contribution in [2.45, 2.75) is 6.54 Å². The molecule has 1 aromatic heterocycles. The molecule has 0 aromatic carbocycles. The zero-order valence-corrected chi connectivity index (χ0v) is 6.28. The van der Waals surface area contributed by atoms with Gasteiger partial charge in [0.25, 0.3) is 0 Å². The van der Waals surface area contributed by atoms with Gasteiger partial charge in [0, 0.05) is 24.0 Å². The fourth-order valence-electron chi connectivity index (χ4n) is 0.548. The minimum absolute atomic E-state index is 0.0654. The molecule has 0 aliphatic carbocycles. The van der Waals surface area contributed by atoms with Crippen molar-refractivity contribution in [2.24, 2.45) is 0 Å². The van der Waals surface area contributed by atoms with Gasteiger partial charge in [-0.05, 0) is 0 Å². The molecule has 0 amide bonds. The van der Waals surface area contributed by atoms with Crippen molar-refractivity contribution in [1.82, 2.24) is 4.57 Å². The number of hydrogen-bond acceptors (Lipinski definition) is 2. The summed E-state index contributed by atoms with van der Waals surface area (Å²) in [6, 6.07) is 0. The second-order valence-electron chi connectivity index (χ2n) is 1.55. The summed E-state index contributed by atoms with van der Waals surface area (Å²) in [4.78, 5) is 10.8. The van der Waals surface area contributed by atoms with Gasteiger partial charge in [0.05, 0.1) is 0 Å². The summed E-state index contributed by atoms with van der Waals surface area (Å²) in [6.45, 7) is 0.615. The Balaban J connectivity index is 2.81. The Kier molecular flexibility index (Phi) is 2.30. The third kappa shape index (κ3) is 1.56. The first-order chi connectivity index (χ1) is 4.34. The number of alkyl halides is 1. The van der Waals surface area contributed by atoms with E-state index in [9.17, 15) is 4.79 Å². The second kappa shape index (κ2) is 3.03. The van der Waals surface area contributed by atoms with Crippen LogP contribution in [0.25, 0.3) is 0 Å². The molecule has 0 aliphatic heterocycles. The smallest absolute Gasteiger partial charge is 0.305 e. The van der Waals surface area contributed by atoms with Crippen LogP contribution in [0.3, 0.4) is 0 Å². The third-order valence-electron chi connectivity index (χ3n) is 0.970. The van der Waals surface area contributed by atoms with Crippen LogP contribution in [0.15, 0.2) is 16.4 Å². The van der Waals surface area contributed by atoms with Gasteiger partial charge in [-0.3, -0.25) is 4.79 Å². The van der Waals surface area contributed by atoms with E-state index < -0.39 is 0 Å². The lowest BCUT2D eigenvalue weighted by Gasteiger charge is -1.91. The Morgan fingerprint density at radius 3 is 3.00 bits per heavy atom. The van der Waals surface area contributed by atoms with E-state index in [1.165, 1.54) is 11.3 Å². The fraction of sp³-hybridized carbons (Fsp3) is 0.400. The standard InChI is InChI=1S/C5H6ClNOS/c6-1-2-7-3-4-9-5(7)8/h3-4H,1-2H2. The summed E-state index contributed by atoms with van der Waals surface area (Å²) in [5.74, 6) is 0.497. The van der Waals surface area contributed by atoms with E-state index in [1.54, 1.807) is 16.1 Å². The average Bonchev–Trinajstić information content (AvgIpc) is 2.18. The summed E-state index contributed by atoms with van der Waals surface area (Å²) < 4.78 is 1.59. The molecule has 0 N–H and O–H groups in total. The maximum Gasteiger partial charge on any atom is 0.307 e. The SMILES string of the molecule is O=c1sccn1CCCl. The molecule has 0 spiro atoms. The highest BCUT2D eigenvalue weighted by atomic mass is 35.5. The van der Waals surface area contributed by atoms with Crippen LogP contribution in [-0.4, -0.2) is 10.4 Å². The first-order valence-corrected chi connectivity index (χ1v) is 3.96. The lowest BCUT2D eigenvalue weighted by molar-refractivity contribution is 0.755. The quantitative estimate of drug-likeness (QED) is 0.600. The molecule has 0 bridgehead atoms. The van der Waals surface area contributed by atoms with Crippen LogP contribution in [0.4, 0.5) is 0 Å². The minimum Gasteiger partial charge on any atom is -0.305 e. The highest BCUT2D eigenvalue weighted by Gasteiger charge is 1.91. The molecular formula is C5H6ClNOS. The minimum atomic E-state index is 0.0654. The van der Waals surface area contributed by atoms with Crippen molar-refractivity contribution in [3.8, 4) is 0 Å². The largest absolute Gasteiger partial charge is 0.307 e. The molecule has 1 heterocycles. The van der Waals surface area contributed by atoms with Gasteiger partial charge in [0.1, 0.15) is 0 Å². The van der Waals surface area contributed by atoms with Crippen molar-refractivity contribution in [3.63, 3.8) is 0 Å². The van der Waals surface area contributed by atoms with Gasteiger partial charge in [-0.15, -0.1) is 11.6 Å². The number of hydrogen-bond donors (Lipinski definition) is 0. The first-order valence-electron chi connectivity index (χ1n) is 2.54. The van der Waals surface area contributed by atoms with Gasteiger partial charge in [0.2, 0.25) is 0 Å². The predicted molar refractivity (Wildman–Crippen MR) is 39.3 cm³/mol. The summed E-state index contributed by atoms with van der Waals surface area (Å²) in [5.41, 5.74) is 0. The molecule has 50 valence electrons. The number of rotatable bonds is 2. The van der Waals surface area contributed by atoms with Gasteiger partial charge < -0.3 is 4.57 Å². The van der Waals surface area contributed by atoms with Crippen molar-refractivity contribution in [1.29, 1.82) is 0 Å². The molecule has 0 unspecified atom stereocenters. The Hall–Kier alpha value is -0.280. The van der Waals surface area contributed by atoms with E-state index in [0.717, 1.165) is 0 Å². The Morgan fingerprint density at radius 1 is 1.78 bits per heavy atom. The maximum absolute atomic E-state index is 10.7. The number of aryl methyl sites for hydroxylation is 1. The summed E-state index contributed by atoms with van der Waals surface area (Å²) in [5, 5.41) is 1.76. The van der Waals surface area contributed by atoms with Gasteiger partial charge in [-0.1, -0.05) is 11.3 Å². The monoisotopic (exact) mass is 163 g/mol. The first kappa shape index (κ1) is 6.83. The lowest BCUT2D eigenvalue weighted by atomic mass is 10.7. The molecule has 0 aliphatic rings. The molecule has 0 atom stereocenters. The molecule has 0 radical (unpaired) electrons. The molecule has 1 rings (SSSR count). The Labute approximate surface area is 61.7 Å². The second-order valence-corrected chi connectivity index (χ2v) is 2.79. The van der Waals surface area contributed by atoms with E-state index in [4.69, 9.17) is 11.6 Å². The van der Waals surface area contributed by atoms with Gasteiger partial charge in [0.15, 0.2) is 0 Å². The summed E-state index contributed by atoms with van der Waals surface area (Å²) in [6.07, 6.45) is 1.75. The average molecular weight is 164 g/mol.